The number of halogens is 4. The van der Waals surface area contributed by atoms with E-state index >= 15 is 4.79 Å². The maximum atomic E-state index is 15.3. The van der Waals surface area contributed by atoms with Crippen LogP contribution in [0.1, 0.15) is 113 Å². The molecule has 0 saturated heterocycles. The third kappa shape index (κ3) is 6.18. The number of Topliss-reactive ketones (excluding diaryl/α,β-unsaturated/α-hetero) is 1. The summed E-state index contributed by atoms with van der Waals surface area (Å²) in [5.41, 5.74) is -3.11. The topological polar surface area (TPSA) is 103 Å². The van der Waals surface area contributed by atoms with Crippen molar-refractivity contribution in [2.24, 2.45) is 56.7 Å². The molecule has 334 valence electrons. The lowest BCUT2D eigenvalue weighted by atomic mass is 9.32. The molecule has 8 unspecified atom stereocenters. The van der Waals surface area contributed by atoms with Gasteiger partial charge in [0, 0.05) is 39.6 Å². The van der Waals surface area contributed by atoms with Crippen molar-refractivity contribution in [1.82, 2.24) is 4.90 Å². The van der Waals surface area contributed by atoms with Crippen molar-refractivity contribution in [3.05, 3.63) is 101 Å². The van der Waals surface area contributed by atoms with Crippen LogP contribution in [-0.2, 0) is 6.18 Å². The molecule has 3 aromatic rings. The van der Waals surface area contributed by atoms with Crippen LogP contribution in [0.25, 0.3) is 11.3 Å². The van der Waals surface area contributed by atoms with Crippen LogP contribution in [0.4, 0.5) is 23.7 Å². The van der Waals surface area contributed by atoms with E-state index < -0.39 is 39.7 Å². The molecule has 7 fully saturated rings. The Balaban J connectivity index is 0.966. The van der Waals surface area contributed by atoms with Gasteiger partial charge in [0.1, 0.15) is 5.76 Å². The first-order chi connectivity index (χ1) is 29.9. The lowest BCUT2D eigenvalue weighted by Gasteiger charge is -2.71. The molecule has 11 heteroatoms. The molecular weight excluding hydrogens is 825 g/mol. The Kier molecular flexibility index (Phi) is 9.34. The Labute approximate surface area is 372 Å². The highest BCUT2D eigenvalue weighted by atomic mass is 35.5. The van der Waals surface area contributed by atoms with Gasteiger partial charge in [0.25, 0.3) is 0 Å². The number of allylic oxidation sites excluding steroid dienone is 4. The number of amides is 2. The predicted octanol–water partition coefficient (Wildman–Crippen LogP) is 12.1. The van der Waals surface area contributed by atoms with Crippen LogP contribution >= 0.6 is 11.6 Å². The highest BCUT2D eigenvalue weighted by Crippen LogP contribution is 2.78. The van der Waals surface area contributed by atoms with Crippen LogP contribution in [0.2, 0.25) is 5.02 Å². The summed E-state index contributed by atoms with van der Waals surface area (Å²) < 4.78 is 47.6. The van der Waals surface area contributed by atoms with Gasteiger partial charge in [-0.1, -0.05) is 61.9 Å². The van der Waals surface area contributed by atoms with Crippen LogP contribution in [0.5, 0.6) is 0 Å². The Morgan fingerprint density at radius 1 is 0.841 bits per heavy atom. The quantitative estimate of drug-likeness (QED) is 0.154. The second-order valence-electron chi connectivity index (χ2n) is 22.1. The Morgan fingerprint density at radius 3 is 2.21 bits per heavy atom. The van der Waals surface area contributed by atoms with E-state index in [9.17, 15) is 28.2 Å². The third-order valence-corrected chi connectivity index (χ3v) is 19.1. The van der Waals surface area contributed by atoms with Gasteiger partial charge in [-0.25, -0.2) is 4.79 Å². The number of urea groups is 1. The van der Waals surface area contributed by atoms with Crippen molar-refractivity contribution in [3.8, 4) is 11.3 Å². The lowest BCUT2D eigenvalue weighted by Crippen LogP contribution is -2.67. The zero-order chi connectivity index (χ0) is 44.0. The van der Waals surface area contributed by atoms with Gasteiger partial charge in [0.2, 0.25) is 5.78 Å². The summed E-state index contributed by atoms with van der Waals surface area (Å²) in [7, 11) is 0. The molecule has 8 atom stereocenters. The number of anilines is 1. The number of benzene rings is 2. The fourth-order valence-corrected chi connectivity index (χ4v) is 16.6. The van der Waals surface area contributed by atoms with Crippen molar-refractivity contribution < 1.29 is 37.4 Å². The summed E-state index contributed by atoms with van der Waals surface area (Å²) in [5, 5.41) is 27.9. The number of hydrogen-bond donors (Lipinski definition) is 3. The minimum atomic E-state index is -4.60. The van der Waals surface area contributed by atoms with Gasteiger partial charge < -0.3 is 24.8 Å². The van der Waals surface area contributed by atoms with Gasteiger partial charge in [-0.3, -0.25) is 4.79 Å². The minimum Gasteiger partial charge on any atom is -0.453 e. The maximum absolute atomic E-state index is 15.3. The highest BCUT2D eigenvalue weighted by molar-refractivity contribution is 6.33. The van der Waals surface area contributed by atoms with E-state index in [1.165, 1.54) is 37.5 Å². The molecule has 10 aliphatic rings. The van der Waals surface area contributed by atoms with Crippen molar-refractivity contribution >= 4 is 29.1 Å². The molecule has 0 radical (unpaired) electrons. The van der Waals surface area contributed by atoms with E-state index in [2.05, 4.69) is 37.4 Å². The van der Waals surface area contributed by atoms with Gasteiger partial charge in [0.15, 0.2) is 5.76 Å². The predicted molar refractivity (Wildman–Crippen MR) is 235 cm³/mol. The first-order valence-electron chi connectivity index (χ1n) is 23.4. The normalized spacial score (nSPS) is 40.5. The van der Waals surface area contributed by atoms with Crippen molar-refractivity contribution in [2.45, 2.75) is 115 Å². The van der Waals surface area contributed by atoms with Crippen molar-refractivity contribution in [1.29, 1.82) is 0 Å². The van der Waals surface area contributed by atoms with E-state index in [1.54, 1.807) is 0 Å². The number of para-hydroxylation sites is 1. The molecule has 7 saturated carbocycles. The minimum absolute atomic E-state index is 0.00753. The largest absolute Gasteiger partial charge is 0.453 e. The Morgan fingerprint density at radius 2 is 1.51 bits per heavy atom. The fraction of sp³-hybridized carbons (Fsp3) is 0.577. The molecule has 6 bridgehead atoms. The molecule has 3 N–H and O–H groups in total. The zero-order valence-corrected chi connectivity index (χ0v) is 36.9. The number of fused-ring (bicyclic) bond motifs is 1. The van der Waals surface area contributed by atoms with Crippen molar-refractivity contribution in [2.75, 3.05) is 18.4 Å². The Bertz CT molecular complexity index is 2390. The third-order valence-electron chi connectivity index (χ3n) is 18.8. The fourth-order valence-electron chi connectivity index (χ4n) is 16.4. The first kappa shape index (κ1) is 41.8. The number of ketones is 1. The lowest BCUT2D eigenvalue weighted by molar-refractivity contribution is -0.176. The SMILES string of the molecule is CC12CCC(O)CC13C=CC1(C(C(=O)c4ccc(-c5cc(C(F)(F)F)ccc5Cl)o4)=C3)C2CCC2(C)C1CCC2(O)CN(CC12CC3CC(CC(C3)C1)C2)C(=O)Nc1ccccc1. The summed E-state index contributed by atoms with van der Waals surface area (Å²) in [4.78, 5) is 31.9. The molecule has 7 nitrogen and oxygen atoms in total. The van der Waals surface area contributed by atoms with E-state index in [4.69, 9.17) is 16.0 Å². The summed E-state index contributed by atoms with van der Waals surface area (Å²) in [6, 6.07) is 15.4. The smallest absolute Gasteiger partial charge is 0.416 e. The van der Waals surface area contributed by atoms with Gasteiger partial charge in [0.05, 0.1) is 28.8 Å². The number of nitrogens with zero attached hydrogens (tertiary/aromatic N) is 1. The number of aliphatic hydroxyl groups is 2. The van der Waals surface area contributed by atoms with Gasteiger partial charge in [-0.2, -0.15) is 13.2 Å². The molecule has 2 amide bonds. The number of nitrogens with one attached hydrogen (secondary N) is 1. The number of hydrogen-bond acceptors (Lipinski definition) is 5. The number of rotatable bonds is 8. The molecule has 10 aliphatic carbocycles. The van der Waals surface area contributed by atoms with E-state index in [-0.39, 0.29) is 63.1 Å². The van der Waals surface area contributed by atoms with Crippen LogP contribution in [0, 0.1) is 56.7 Å². The summed E-state index contributed by atoms with van der Waals surface area (Å²) in [6.45, 7) is 5.30. The van der Waals surface area contributed by atoms with Crippen LogP contribution in [0.15, 0.2) is 88.9 Å². The average molecular weight is 883 g/mol. The first-order valence-corrected chi connectivity index (χ1v) is 23.7. The van der Waals surface area contributed by atoms with Crippen LogP contribution in [0.3, 0.4) is 0 Å². The molecule has 63 heavy (non-hydrogen) atoms. The van der Waals surface area contributed by atoms with Gasteiger partial charge in [-0.05, 0) is 166 Å². The highest BCUT2D eigenvalue weighted by Gasteiger charge is 2.75. The van der Waals surface area contributed by atoms with E-state index in [0.717, 1.165) is 44.2 Å². The van der Waals surface area contributed by atoms with Crippen LogP contribution < -0.4 is 5.32 Å². The summed E-state index contributed by atoms with van der Waals surface area (Å²) in [6.07, 6.45) is 13.2. The molecule has 1 aromatic heterocycles. The zero-order valence-electron chi connectivity index (χ0n) is 36.2. The van der Waals surface area contributed by atoms with E-state index in [1.807, 2.05) is 35.2 Å². The molecule has 2 spiro atoms. The summed E-state index contributed by atoms with van der Waals surface area (Å²) in [5.74, 6) is 1.68. The number of alkyl halides is 3. The maximum Gasteiger partial charge on any atom is 0.416 e. The standard InChI is InChI=1S/C52H58ClF3N2O5/c1-46-15-12-36(59)27-49(46)18-19-51(38(28-49)44(60)41-11-10-40(63-41)37-23-34(52(54,55)56)8-9-39(37)53)42(46)13-16-47(2)43(51)14-17-50(47,62)30-58(45(61)57-35-6-4-3-5-7-35)29-48-24-31-20-32(25-48)22-33(21-31)26-48/h3-11,18-19,23,28,31-33,36,42-43,59,62H,12-17,20-22,24-27,29-30H2,1-2H3,(H,57,61). The van der Waals surface area contributed by atoms with Gasteiger partial charge >= 0.3 is 12.2 Å². The number of aliphatic hydroxyl groups excluding tert-OH is 1. The van der Waals surface area contributed by atoms with Gasteiger partial charge in [-0.15, -0.1) is 0 Å². The number of carbonyl (C=O) groups excluding carboxylic acids is 2. The second-order valence-corrected chi connectivity index (χ2v) is 22.5. The molecular formula is C52H58ClF3N2O5. The molecule has 13 rings (SSSR count). The van der Waals surface area contributed by atoms with Crippen molar-refractivity contribution in [3.63, 3.8) is 0 Å². The second kappa shape index (κ2) is 14.1. The number of furan rings is 1. The number of carbonyl (C=O) groups is 2. The molecule has 0 aliphatic heterocycles. The average Bonchev–Trinajstić information content (AvgIpc) is 3.82. The Hall–Kier alpha value is -3.86. The molecule has 2 aromatic carbocycles. The van der Waals surface area contributed by atoms with E-state index in [0.29, 0.717) is 67.7 Å². The molecule has 1 heterocycles. The monoisotopic (exact) mass is 882 g/mol. The summed E-state index contributed by atoms with van der Waals surface area (Å²) >= 11 is 6.44. The van der Waals surface area contributed by atoms with Crippen LogP contribution in [-0.4, -0.2) is 51.7 Å².